The molecule has 8 heteroatoms. The molecule has 16 heavy (non-hydrogen) atoms. The van der Waals surface area contributed by atoms with Crippen LogP contribution in [0.4, 0.5) is 17.6 Å². The highest BCUT2D eigenvalue weighted by molar-refractivity contribution is 5.92. The zero-order chi connectivity index (χ0) is 13.0. The van der Waals surface area contributed by atoms with Crippen LogP contribution in [0.25, 0.3) is 0 Å². The van der Waals surface area contributed by atoms with Crippen LogP contribution in [0.1, 0.15) is 13.8 Å². The molecule has 0 amide bonds. The van der Waals surface area contributed by atoms with E-state index in [1.54, 1.807) is 0 Å². The fraction of sp³-hybridized carbons (Fsp3) is 0.750. The minimum atomic E-state index is -5.20. The van der Waals surface area contributed by atoms with Gasteiger partial charge in [-0.25, -0.2) is 4.79 Å². The number of halogens is 4. The van der Waals surface area contributed by atoms with Crippen molar-refractivity contribution in [3.05, 3.63) is 0 Å². The Morgan fingerprint density at radius 1 is 1.12 bits per heavy atom. The molecule has 0 N–H and O–H groups in total. The van der Waals surface area contributed by atoms with Gasteiger partial charge in [0, 0.05) is 13.5 Å². The quantitative estimate of drug-likeness (QED) is 0.307. The highest BCUT2D eigenvalue weighted by atomic mass is 19.3. The van der Waals surface area contributed by atoms with Crippen LogP contribution in [0.2, 0.25) is 0 Å². The van der Waals surface area contributed by atoms with E-state index in [2.05, 4.69) is 9.47 Å². The zero-order valence-corrected chi connectivity index (χ0v) is 8.56. The zero-order valence-electron chi connectivity index (χ0n) is 8.56. The summed E-state index contributed by atoms with van der Waals surface area (Å²) in [5.74, 6) is -14.9. The molecular weight excluding hydrogens is 236 g/mol. The molecule has 0 radical (unpaired) electrons. The molecule has 4 nitrogen and oxygen atoms in total. The Morgan fingerprint density at radius 3 is 2.00 bits per heavy atom. The average molecular weight is 246 g/mol. The van der Waals surface area contributed by atoms with Crippen molar-refractivity contribution in [2.75, 3.05) is 13.4 Å². The summed E-state index contributed by atoms with van der Waals surface area (Å²) in [6.45, 7) is 0.917. The normalized spacial score (nSPS) is 12.4. The Bertz CT molecular complexity index is 277. The van der Waals surface area contributed by atoms with E-state index < -0.39 is 30.4 Å². The van der Waals surface area contributed by atoms with Crippen LogP contribution in [0.3, 0.4) is 0 Å². The number of carbonyl (C=O) groups excluding carboxylic acids is 2. The Hall–Kier alpha value is -1.18. The molecule has 0 fully saturated rings. The van der Waals surface area contributed by atoms with E-state index in [0.717, 1.165) is 0 Å². The van der Waals surface area contributed by atoms with Crippen molar-refractivity contribution in [2.45, 2.75) is 25.7 Å². The third kappa shape index (κ3) is 2.91. The smallest absolute Gasteiger partial charge is 0.411 e. The van der Waals surface area contributed by atoms with Crippen LogP contribution in [0.5, 0.6) is 0 Å². The first-order valence-electron chi connectivity index (χ1n) is 4.19. The molecule has 0 aromatic rings. The largest absolute Gasteiger partial charge is 0.434 e. The first-order chi connectivity index (χ1) is 7.17. The van der Waals surface area contributed by atoms with Crippen molar-refractivity contribution in [1.29, 1.82) is 0 Å². The summed E-state index contributed by atoms with van der Waals surface area (Å²) in [4.78, 5) is 20.9. The van der Waals surface area contributed by atoms with E-state index in [0.29, 0.717) is 0 Å². The maximum absolute atomic E-state index is 12.8. The molecule has 0 aliphatic carbocycles. The molecule has 0 aliphatic rings. The van der Waals surface area contributed by atoms with E-state index in [-0.39, 0.29) is 13.5 Å². The van der Waals surface area contributed by atoms with Gasteiger partial charge < -0.3 is 9.47 Å². The number of esters is 1. The number of hydrogen-bond acceptors (Lipinski definition) is 4. The lowest BCUT2D eigenvalue weighted by atomic mass is 10.1. The van der Waals surface area contributed by atoms with Gasteiger partial charge in [-0.3, -0.25) is 4.79 Å². The van der Waals surface area contributed by atoms with Crippen LogP contribution >= 0.6 is 0 Å². The molecular formula is C8H10F4O4. The van der Waals surface area contributed by atoms with Crippen molar-refractivity contribution in [1.82, 2.24) is 0 Å². The molecule has 0 saturated carbocycles. The number of carbonyl (C=O) groups is 2. The number of ketones is 1. The average Bonchev–Trinajstić information content (AvgIpc) is 2.17. The number of rotatable bonds is 6. The second kappa shape index (κ2) is 5.24. The summed E-state index contributed by atoms with van der Waals surface area (Å²) in [6.07, 6.45) is 0. The van der Waals surface area contributed by atoms with Gasteiger partial charge in [-0.05, 0) is 6.92 Å². The third-order valence-electron chi connectivity index (χ3n) is 1.57. The van der Waals surface area contributed by atoms with Gasteiger partial charge in [0.15, 0.2) is 6.79 Å². The van der Waals surface area contributed by atoms with E-state index in [9.17, 15) is 27.2 Å². The van der Waals surface area contributed by atoms with E-state index >= 15 is 0 Å². The molecule has 0 rings (SSSR count). The number of alkyl halides is 4. The molecule has 0 aliphatic heterocycles. The van der Waals surface area contributed by atoms with Gasteiger partial charge >= 0.3 is 17.8 Å². The molecule has 0 saturated heterocycles. The summed E-state index contributed by atoms with van der Waals surface area (Å²) in [5, 5.41) is 0. The Labute approximate surface area is 88.5 Å². The molecule has 0 spiro atoms. The summed E-state index contributed by atoms with van der Waals surface area (Å²) >= 11 is 0. The van der Waals surface area contributed by atoms with Crippen LogP contribution in [-0.4, -0.2) is 37.0 Å². The SMILES string of the molecule is CCOCOC(=O)C(F)(F)C(F)(F)C(C)=O. The Balaban J connectivity index is 4.65. The lowest BCUT2D eigenvalue weighted by molar-refractivity contribution is -0.230. The van der Waals surface area contributed by atoms with E-state index in [4.69, 9.17) is 0 Å². The first kappa shape index (κ1) is 14.8. The monoisotopic (exact) mass is 246 g/mol. The predicted octanol–water partition coefficient (Wildman–Crippen LogP) is 1.38. The topological polar surface area (TPSA) is 52.6 Å². The molecule has 0 bridgehead atoms. The molecule has 0 atom stereocenters. The Kier molecular flexibility index (Phi) is 4.85. The van der Waals surface area contributed by atoms with Gasteiger partial charge in [-0.15, -0.1) is 0 Å². The maximum Gasteiger partial charge on any atom is 0.411 e. The van der Waals surface area contributed by atoms with Gasteiger partial charge in [0.1, 0.15) is 0 Å². The second-order valence-electron chi connectivity index (χ2n) is 2.75. The van der Waals surface area contributed by atoms with Gasteiger partial charge in [0.25, 0.3) is 0 Å². The highest BCUT2D eigenvalue weighted by Crippen LogP contribution is 2.35. The second-order valence-corrected chi connectivity index (χ2v) is 2.75. The third-order valence-corrected chi connectivity index (χ3v) is 1.57. The summed E-state index contributed by atoms with van der Waals surface area (Å²) < 4.78 is 58.9. The molecule has 0 unspecified atom stereocenters. The Morgan fingerprint density at radius 2 is 1.62 bits per heavy atom. The van der Waals surface area contributed by atoms with Crippen molar-refractivity contribution >= 4 is 11.8 Å². The maximum atomic E-state index is 12.8. The molecule has 0 aromatic heterocycles. The standard InChI is InChI=1S/C8H10F4O4/c1-3-15-4-16-6(14)8(11,12)7(9,10)5(2)13/h3-4H2,1-2H3. The van der Waals surface area contributed by atoms with Crippen molar-refractivity contribution < 1.29 is 36.6 Å². The summed E-state index contributed by atoms with van der Waals surface area (Å²) in [6, 6.07) is 0. The van der Waals surface area contributed by atoms with E-state index in [1.807, 2.05) is 0 Å². The van der Waals surface area contributed by atoms with Crippen molar-refractivity contribution in [2.24, 2.45) is 0 Å². The van der Waals surface area contributed by atoms with Crippen LogP contribution in [0, 0.1) is 0 Å². The van der Waals surface area contributed by atoms with Gasteiger partial charge in [0.05, 0.1) is 0 Å². The first-order valence-corrected chi connectivity index (χ1v) is 4.19. The van der Waals surface area contributed by atoms with Crippen LogP contribution in [0.15, 0.2) is 0 Å². The molecule has 94 valence electrons. The molecule has 0 aromatic carbocycles. The number of hydrogen-bond donors (Lipinski definition) is 0. The fourth-order valence-corrected chi connectivity index (χ4v) is 0.618. The molecule has 0 heterocycles. The van der Waals surface area contributed by atoms with Gasteiger partial charge in [-0.1, -0.05) is 0 Å². The van der Waals surface area contributed by atoms with Crippen molar-refractivity contribution in [3.63, 3.8) is 0 Å². The summed E-state index contributed by atoms with van der Waals surface area (Å²) in [7, 11) is 0. The minimum absolute atomic E-state index is 0.0575. The lowest BCUT2D eigenvalue weighted by Gasteiger charge is -2.22. The van der Waals surface area contributed by atoms with Gasteiger partial charge in [-0.2, -0.15) is 17.6 Å². The van der Waals surface area contributed by atoms with Gasteiger partial charge in [0.2, 0.25) is 5.78 Å². The fourth-order valence-electron chi connectivity index (χ4n) is 0.618. The number of ether oxygens (including phenoxy) is 2. The van der Waals surface area contributed by atoms with Crippen molar-refractivity contribution in [3.8, 4) is 0 Å². The highest BCUT2D eigenvalue weighted by Gasteiger charge is 2.66. The van der Waals surface area contributed by atoms with E-state index in [1.165, 1.54) is 6.92 Å². The lowest BCUT2D eigenvalue weighted by Crippen LogP contribution is -2.52. The van der Waals surface area contributed by atoms with Crippen LogP contribution < -0.4 is 0 Å². The number of Topliss-reactive ketones (excluding diaryl/α,β-unsaturated/α-hetero) is 1. The summed E-state index contributed by atoms with van der Waals surface area (Å²) in [5.41, 5.74) is 0. The minimum Gasteiger partial charge on any atom is -0.434 e. The van der Waals surface area contributed by atoms with Crippen LogP contribution in [-0.2, 0) is 19.1 Å². The predicted molar refractivity (Wildman–Crippen MR) is 43.2 cm³/mol.